The van der Waals surface area contributed by atoms with E-state index in [0.717, 1.165) is 19.3 Å². The molecule has 4 N–H and O–H groups in total. The minimum atomic E-state index is -3.68. The van der Waals surface area contributed by atoms with Crippen LogP contribution in [0.1, 0.15) is 48.0 Å². The summed E-state index contributed by atoms with van der Waals surface area (Å²) in [5, 5.41) is 17.2. The van der Waals surface area contributed by atoms with E-state index in [1.54, 1.807) is 18.2 Å². The van der Waals surface area contributed by atoms with Gasteiger partial charge in [0, 0.05) is 11.6 Å². The summed E-state index contributed by atoms with van der Waals surface area (Å²) in [6.45, 7) is 0. The number of carbonyl (C=O) groups is 2. The maximum absolute atomic E-state index is 12.4. The summed E-state index contributed by atoms with van der Waals surface area (Å²) < 4.78 is 22.3. The van der Waals surface area contributed by atoms with Crippen LogP contribution in [0, 0.1) is 5.92 Å². The van der Waals surface area contributed by atoms with E-state index in [4.69, 9.17) is 5.14 Å². The van der Waals surface area contributed by atoms with Crippen molar-refractivity contribution in [3.05, 3.63) is 35.4 Å². The lowest BCUT2D eigenvalue weighted by Gasteiger charge is -2.23. The third-order valence-electron chi connectivity index (χ3n) is 4.21. The number of nitrogens with one attached hydrogen (secondary N) is 1. The molecule has 0 bridgehead atoms. The number of rotatable bonds is 5. The van der Waals surface area contributed by atoms with Gasteiger partial charge in [-0.15, -0.1) is 0 Å². The van der Waals surface area contributed by atoms with Crippen molar-refractivity contribution in [1.82, 2.24) is 5.32 Å². The number of nitrogens with two attached hydrogens (primary N) is 1. The molecule has 8 heteroatoms. The second-order valence-corrected chi connectivity index (χ2v) is 7.78. The highest BCUT2D eigenvalue weighted by Gasteiger charge is 2.30. The molecule has 0 unspecified atom stereocenters. The SMILES string of the molecule is NS(=O)(=O)Cc1cccc(C(=O)N[C@H]2CCCCC[C@H]2C(=O)O)c1. The number of carboxylic acid groups (broad SMARTS) is 1. The molecule has 1 aromatic rings. The molecule has 0 aromatic heterocycles. The third kappa shape index (κ3) is 5.31. The van der Waals surface area contributed by atoms with Gasteiger partial charge in [-0.2, -0.15) is 0 Å². The van der Waals surface area contributed by atoms with Crippen molar-refractivity contribution >= 4 is 21.9 Å². The highest BCUT2D eigenvalue weighted by Crippen LogP contribution is 2.24. The summed E-state index contributed by atoms with van der Waals surface area (Å²) in [7, 11) is -3.68. The molecule has 2 atom stereocenters. The van der Waals surface area contributed by atoms with Gasteiger partial charge in [-0.3, -0.25) is 9.59 Å². The van der Waals surface area contributed by atoms with Crippen LogP contribution in [0.2, 0.25) is 0 Å². The van der Waals surface area contributed by atoms with E-state index in [-0.39, 0.29) is 5.75 Å². The van der Waals surface area contributed by atoms with Crippen molar-refractivity contribution in [3.8, 4) is 0 Å². The van der Waals surface area contributed by atoms with Gasteiger partial charge in [0.2, 0.25) is 10.0 Å². The minimum Gasteiger partial charge on any atom is -0.481 e. The van der Waals surface area contributed by atoms with Gasteiger partial charge < -0.3 is 10.4 Å². The monoisotopic (exact) mass is 354 g/mol. The summed E-state index contributed by atoms with van der Waals surface area (Å²) >= 11 is 0. The lowest BCUT2D eigenvalue weighted by atomic mass is 9.94. The van der Waals surface area contributed by atoms with Crippen LogP contribution in [-0.4, -0.2) is 31.4 Å². The van der Waals surface area contributed by atoms with Crippen LogP contribution in [0.4, 0.5) is 0 Å². The standard InChI is InChI=1S/C16H22N2O5S/c17-24(22,23)10-11-5-4-6-12(9-11)15(19)18-14-8-3-1-2-7-13(14)16(20)21/h4-6,9,13-14H,1-3,7-8,10H2,(H,18,19)(H,20,21)(H2,17,22,23)/t13-,14+/m1/s1. The van der Waals surface area contributed by atoms with E-state index in [1.807, 2.05) is 0 Å². The van der Waals surface area contributed by atoms with E-state index in [0.29, 0.717) is 24.0 Å². The molecule has 2 rings (SSSR count). The molecule has 0 heterocycles. The van der Waals surface area contributed by atoms with Gasteiger partial charge in [0.05, 0.1) is 11.7 Å². The number of aliphatic carboxylic acids is 1. The Morgan fingerprint density at radius 1 is 1.21 bits per heavy atom. The van der Waals surface area contributed by atoms with E-state index in [2.05, 4.69) is 5.32 Å². The molecule has 132 valence electrons. The smallest absolute Gasteiger partial charge is 0.308 e. The molecule has 0 aliphatic heterocycles. The molecule has 0 spiro atoms. The number of sulfonamides is 1. The molecule has 7 nitrogen and oxygen atoms in total. The van der Waals surface area contributed by atoms with Gasteiger partial charge in [-0.1, -0.05) is 31.4 Å². The average Bonchev–Trinajstić information content (AvgIpc) is 2.71. The second kappa shape index (κ2) is 7.76. The number of hydrogen-bond donors (Lipinski definition) is 3. The Balaban J connectivity index is 2.13. The predicted molar refractivity (Wildman–Crippen MR) is 88.7 cm³/mol. The van der Waals surface area contributed by atoms with Gasteiger partial charge in [0.25, 0.3) is 5.91 Å². The Kier molecular flexibility index (Phi) is 5.95. The Morgan fingerprint density at radius 2 is 1.92 bits per heavy atom. The highest BCUT2D eigenvalue weighted by atomic mass is 32.2. The van der Waals surface area contributed by atoms with Gasteiger partial charge in [-0.05, 0) is 30.5 Å². The summed E-state index contributed by atoms with van der Waals surface area (Å²) in [4.78, 5) is 23.8. The second-order valence-electron chi connectivity index (χ2n) is 6.17. The maximum Gasteiger partial charge on any atom is 0.308 e. The number of hydrogen-bond acceptors (Lipinski definition) is 4. The normalized spacial score (nSPS) is 21.7. The molecule has 1 amide bonds. The van der Waals surface area contributed by atoms with E-state index in [9.17, 15) is 23.1 Å². The van der Waals surface area contributed by atoms with Crippen LogP contribution in [0.25, 0.3) is 0 Å². The van der Waals surface area contributed by atoms with Crippen LogP contribution in [0.3, 0.4) is 0 Å². The largest absolute Gasteiger partial charge is 0.481 e. The fourth-order valence-electron chi connectivity index (χ4n) is 3.06. The average molecular weight is 354 g/mol. The molecule has 1 fully saturated rings. The first kappa shape index (κ1) is 18.4. The zero-order valence-corrected chi connectivity index (χ0v) is 14.1. The quantitative estimate of drug-likeness (QED) is 0.686. The van der Waals surface area contributed by atoms with Crippen molar-refractivity contribution in [2.24, 2.45) is 11.1 Å². The van der Waals surface area contributed by atoms with Crippen LogP contribution in [0.15, 0.2) is 24.3 Å². The first-order valence-corrected chi connectivity index (χ1v) is 9.61. The molecular weight excluding hydrogens is 332 g/mol. The highest BCUT2D eigenvalue weighted by molar-refractivity contribution is 7.88. The Labute approximate surface area is 141 Å². The van der Waals surface area contributed by atoms with Gasteiger partial charge in [0.1, 0.15) is 0 Å². The summed E-state index contributed by atoms with van der Waals surface area (Å²) in [6, 6.07) is 5.77. The van der Waals surface area contributed by atoms with Gasteiger partial charge in [0.15, 0.2) is 0 Å². The first-order valence-electron chi connectivity index (χ1n) is 7.89. The number of carbonyl (C=O) groups excluding carboxylic acids is 1. The van der Waals surface area contributed by atoms with Crippen LogP contribution in [0.5, 0.6) is 0 Å². The minimum absolute atomic E-state index is 0.296. The maximum atomic E-state index is 12.4. The van der Waals surface area contributed by atoms with Crippen molar-refractivity contribution in [1.29, 1.82) is 0 Å². The molecule has 1 aliphatic rings. The first-order chi connectivity index (χ1) is 11.3. The van der Waals surface area contributed by atoms with Crippen molar-refractivity contribution < 1.29 is 23.1 Å². The summed E-state index contributed by atoms with van der Waals surface area (Å²) in [5.41, 5.74) is 0.713. The molecule has 1 aliphatic carbocycles. The van der Waals surface area contributed by atoms with E-state index < -0.39 is 33.9 Å². The van der Waals surface area contributed by atoms with Gasteiger partial charge >= 0.3 is 5.97 Å². The molecule has 0 radical (unpaired) electrons. The Hall–Kier alpha value is -1.93. The van der Waals surface area contributed by atoms with E-state index >= 15 is 0 Å². The molecular formula is C16H22N2O5S. The van der Waals surface area contributed by atoms with Crippen molar-refractivity contribution in [2.75, 3.05) is 0 Å². The lowest BCUT2D eigenvalue weighted by Crippen LogP contribution is -2.42. The topological polar surface area (TPSA) is 127 Å². The van der Waals surface area contributed by atoms with Crippen LogP contribution in [-0.2, 0) is 20.6 Å². The van der Waals surface area contributed by atoms with Crippen molar-refractivity contribution in [2.45, 2.75) is 43.9 Å². The van der Waals surface area contributed by atoms with Crippen molar-refractivity contribution in [3.63, 3.8) is 0 Å². The third-order valence-corrected chi connectivity index (χ3v) is 4.94. The van der Waals surface area contributed by atoms with Gasteiger partial charge in [-0.25, -0.2) is 13.6 Å². The molecule has 1 saturated carbocycles. The molecule has 0 saturated heterocycles. The number of carboxylic acids is 1. The van der Waals surface area contributed by atoms with Crippen LogP contribution >= 0.6 is 0 Å². The fourth-order valence-corrected chi connectivity index (χ4v) is 3.71. The number of amides is 1. The molecule has 24 heavy (non-hydrogen) atoms. The zero-order valence-electron chi connectivity index (χ0n) is 13.3. The fraction of sp³-hybridized carbons (Fsp3) is 0.500. The lowest BCUT2D eigenvalue weighted by molar-refractivity contribution is -0.142. The van der Waals surface area contributed by atoms with Crippen LogP contribution < -0.4 is 10.5 Å². The summed E-state index contributed by atoms with van der Waals surface area (Å²) in [5.74, 6) is -2.24. The number of benzene rings is 1. The predicted octanol–water partition coefficient (Wildman–Crippen LogP) is 1.24. The summed E-state index contributed by atoms with van der Waals surface area (Å²) in [6.07, 6.45) is 3.85. The Morgan fingerprint density at radius 3 is 2.58 bits per heavy atom. The zero-order chi connectivity index (χ0) is 17.7. The Bertz CT molecular complexity index is 717. The molecule has 1 aromatic carbocycles. The number of primary sulfonamides is 1. The van der Waals surface area contributed by atoms with E-state index in [1.165, 1.54) is 6.07 Å².